The number of ether oxygens (including phenoxy) is 1. The summed E-state index contributed by atoms with van der Waals surface area (Å²) in [5.74, 6) is 0.303. The number of hydrogen-bond acceptors (Lipinski definition) is 2. The molecule has 94 valence electrons. The van der Waals surface area contributed by atoms with Gasteiger partial charge in [0.05, 0.1) is 5.60 Å². The molecule has 0 aromatic heterocycles. The van der Waals surface area contributed by atoms with Crippen molar-refractivity contribution in [2.24, 2.45) is 5.92 Å². The van der Waals surface area contributed by atoms with E-state index < -0.39 is 5.60 Å². The molecule has 1 heterocycles. The van der Waals surface area contributed by atoms with Crippen LogP contribution in [0.4, 0.5) is 0 Å². The van der Waals surface area contributed by atoms with E-state index in [0.717, 1.165) is 31.6 Å². The van der Waals surface area contributed by atoms with Gasteiger partial charge in [-0.1, -0.05) is 23.8 Å². The van der Waals surface area contributed by atoms with Crippen molar-refractivity contribution in [3.8, 4) is 0 Å². The molecule has 17 heavy (non-hydrogen) atoms. The molecule has 1 aliphatic rings. The smallest absolute Gasteiger partial charge is 0.0900 e. The van der Waals surface area contributed by atoms with Gasteiger partial charge < -0.3 is 9.84 Å². The Morgan fingerprint density at radius 2 is 1.88 bits per heavy atom. The zero-order valence-corrected chi connectivity index (χ0v) is 11.0. The van der Waals surface area contributed by atoms with Crippen LogP contribution in [-0.2, 0) is 10.3 Å². The molecular weight excluding hydrogens is 212 g/mol. The van der Waals surface area contributed by atoms with E-state index >= 15 is 0 Å². The third-order valence-corrected chi connectivity index (χ3v) is 3.95. The van der Waals surface area contributed by atoms with Crippen molar-refractivity contribution in [2.75, 3.05) is 13.2 Å². The number of hydrogen-bond donors (Lipinski definition) is 1. The highest BCUT2D eigenvalue weighted by Crippen LogP contribution is 2.37. The fourth-order valence-electron chi connectivity index (χ4n) is 2.76. The average molecular weight is 234 g/mol. The summed E-state index contributed by atoms with van der Waals surface area (Å²) in [6.07, 6.45) is 1.89. The minimum Gasteiger partial charge on any atom is -0.385 e. The van der Waals surface area contributed by atoms with Crippen molar-refractivity contribution < 1.29 is 9.84 Å². The molecule has 0 aliphatic carbocycles. The average Bonchev–Trinajstić information content (AvgIpc) is 2.33. The Bertz CT molecular complexity index is 390. The van der Waals surface area contributed by atoms with Crippen molar-refractivity contribution in [3.63, 3.8) is 0 Å². The molecular formula is C15H22O2. The molecule has 0 bridgehead atoms. The summed E-state index contributed by atoms with van der Waals surface area (Å²) in [5, 5.41) is 10.9. The van der Waals surface area contributed by atoms with E-state index in [0.29, 0.717) is 5.92 Å². The van der Waals surface area contributed by atoms with Crippen molar-refractivity contribution in [2.45, 2.75) is 39.2 Å². The summed E-state index contributed by atoms with van der Waals surface area (Å²) in [7, 11) is 0. The maximum atomic E-state index is 10.9. The molecule has 2 rings (SSSR count). The SMILES string of the molecule is Cc1ccc(C)c(C(C)(O)C2CCOCC2)c1. The van der Waals surface area contributed by atoms with E-state index in [4.69, 9.17) is 4.74 Å². The predicted octanol–water partition coefficient (Wildman–Crippen LogP) is 2.94. The van der Waals surface area contributed by atoms with Crippen LogP contribution in [0.25, 0.3) is 0 Å². The zero-order chi connectivity index (χ0) is 12.5. The van der Waals surface area contributed by atoms with Gasteiger partial charge in [0.25, 0.3) is 0 Å². The summed E-state index contributed by atoms with van der Waals surface area (Å²) in [5.41, 5.74) is 2.72. The van der Waals surface area contributed by atoms with Crippen LogP contribution >= 0.6 is 0 Å². The Labute approximate surface area is 104 Å². The van der Waals surface area contributed by atoms with Gasteiger partial charge >= 0.3 is 0 Å². The van der Waals surface area contributed by atoms with Gasteiger partial charge in [0.15, 0.2) is 0 Å². The van der Waals surface area contributed by atoms with Crippen molar-refractivity contribution in [1.82, 2.24) is 0 Å². The Hall–Kier alpha value is -0.860. The van der Waals surface area contributed by atoms with E-state index in [-0.39, 0.29) is 0 Å². The first kappa shape index (κ1) is 12.6. The van der Waals surface area contributed by atoms with Gasteiger partial charge in [-0.05, 0) is 50.7 Å². The van der Waals surface area contributed by atoms with Crippen LogP contribution in [0.15, 0.2) is 18.2 Å². The molecule has 1 aromatic rings. The first-order chi connectivity index (χ1) is 8.01. The molecule has 1 unspecified atom stereocenters. The second-order valence-electron chi connectivity index (χ2n) is 5.35. The molecule has 1 aromatic carbocycles. The lowest BCUT2D eigenvalue weighted by Gasteiger charge is -2.37. The minimum absolute atomic E-state index is 0.303. The second kappa shape index (κ2) is 4.79. The maximum Gasteiger partial charge on any atom is 0.0900 e. The standard InChI is InChI=1S/C15H22O2/c1-11-4-5-12(2)14(10-11)15(3,16)13-6-8-17-9-7-13/h4-5,10,13,16H,6-9H2,1-3H3. The van der Waals surface area contributed by atoms with Crippen LogP contribution in [0.3, 0.4) is 0 Å². The highest BCUT2D eigenvalue weighted by atomic mass is 16.5. The summed E-state index contributed by atoms with van der Waals surface area (Å²) in [6, 6.07) is 6.31. The molecule has 0 amide bonds. The van der Waals surface area contributed by atoms with Crippen LogP contribution in [0, 0.1) is 19.8 Å². The first-order valence-electron chi connectivity index (χ1n) is 6.39. The third kappa shape index (κ3) is 2.53. The molecule has 1 N–H and O–H groups in total. The van der Waals surface area contributed by atoms with Crippen LogP contribution in [0.1, 0.15) is 36.5 Å². The van der Waals surface area contributed by atoms with E-state index in [1.807, 2.05) is 6.92 Å². The molecule has 0 saturated carbocycles. The Morgan fingerprint density at radius 3 is 2.53 bits per heavy atom. The second-order valence-corrected chi connectivity index (χ2v) is 5.35. The summed E-state index contributed by atoms with van der Waals surface area (Å²) in [4.78, 5) is 0. The van der Waals surface area contributed by atoms with Crippen LogP contribution in [0.2, 0.25) is 0 Å². The van der Waals surface area contributed by atoms with Crippen LogP contribution in [-0.4, -0.2) is 18.3 Å². The number of benzene rings is 1. The number of aliphatic hydroxyl groups is 1. The summed E-state index contributed by atoms with van der Waals surface area (Å²) < 4.78 is 5.37. The zero-order valence-electron chi connectivity index (χ0n) is 11.0. The highest BCUT2D eigenvalue weighted by Gasteiger charge is 2.35. The fourth-order valence-corrected chi connectivity index (χ4v) is 2.76. The van der Waals surface area contributed by atoms with Gasteiger partial charge in [-0.15, -0.1) is 0 Å². The molecule has 1 aliphatic heterocycles. The molecule has 1 atom stereocenters. The largest absolute Gasteiger partial charge is 0.385 e. The number of aryl methyl sites for hydroxylation is 2. The van der Waals surface area contributed by atoms with Crippen molar-refractivity contribution in [1.29, 1.82) is 0 Å². The Kier molecular flexibility index (Phi) is 3.55. The van der Waals surface area contributed by atoms with E-state index in [1.54, 1.807) is 0 Å². The van der Waals surface area contributed by atoms with Gasteiger partial charge in [0, 0.05) is 13.2 Å². The lowest BCUT2D eigenvalue weighted by atomic mass is 9.76. The van der Waals surface area contributed by atoms with E-state index in [9.17, 15) is 5.11 Å². The third-order valence-electron chi connectivity index (χ3n) is 3.95. The van der Waals surface area contributed by atoms with Gasteiger partial charge in [0.2, 0.25) is 0 Å². The molecule has 2 nitrogen and oxygen atoms in total. The molecule has 0 radical (unpaired) electrons. The normalized spacial score (nSPS) is 21.2. The summed E-state index contributed by atoms with van der Waals surface area (Å²) in [6.45, 7) is 7.63. The van der Waals surface area contributed by atoms with Gasteiger partial charge in [-0.2, -0.15) is 0 Å². The van der Waals surface area contributed by atoms with Gasteiger partial charge in [-0.25, -0.2) is 0 Å². The van der Waals surface area contributed by atoms with E-state index in [2.05, 4.69) is 32.0 Å². The van der Waals surface area contributed by atoms with Crippen molar-refractivity contribution >= 4 is 0 Å². The predicted molar refractivity (Wildman–Crippen MR) is 69.0 cm³/mol. The molecule has 0 spiro atoms. The monoisotopic (exact) mass is 234 g/mol. The Morgan fingerprint density at radius 1 is 1.24 bits per heavy atom. The Balaban J connectivity index is 2.32. The van der Waals surface area contributed by atoms with Crippen molar-refractivity contribution in [3.05, 3.63) is 34.9 Å². The molecule has 1 saturated heterocycles. The highest BCUT2D eigenvalue weighted by molar-refractivity contribution is 5.35. The van der Waals surface area contributed by atoms with Crippen LogP contribution in [0.5, 0.6) is 0 Å². The van der Waals surface area contributed by atoms with E-state index in [1.165, 1.54) is 11.1 Å². The fraction of sp³-hybridized carbons (Fsp3) is 0.600. The van der Waals surface area contributed by atoms with Gasteiger partial charge in [0.1, 0.15) is 0 Å². The number of rotatable bonds is 2. The maximum absolute atomic E-state index is 10.9. The quantitative estimate of drug-likeness (QED) is 0.852. The molecule has 2 heteroatoms. The first-order valence-corrected chi connectivity index (χ1v) is 6.39. The van der Waals surface area contributed by atoms with Gasteiger partial charge in [-0.3, -0.25) is 0 Å². The molecule has 1 fully saturated rings. The topological polar surface area (TPSA) is 29.5 Å². The lowest BCUT2D eigenvalue weighted by Crippen LogP contribution is -2.36. The van der Waals surface area contributed by atoms with Crippen LogP contribution < -0.4 is 0 Å². The minimum atomic E-state index is -0.736. The summed E-state index contributed by atoms with van der Waals surface area (Å²) >= 11 is 0. The lowest BCUT2D eigenvalue weighted by molar-refractivity contribution is -0.0583.